The second kappa shape index (κ2) is 5.61. The smallest absolute Gasteiger partial charge is 0.0740 e. The molecule has 1 fully saturated rings. The Balaban J connectivity index is 2.14. The second-order valence-electron chi connectivity index (χ2n) is 6.28. The molecule has 3 heteroatoms. The van der Waals surface area contributed by atoms with Crippen molar-refractivity contribution >= 4 is 0 Å². The molecule has 106 valence electrons. The van der Waals surface area contributed by atoms with Gasteiger partial charge in [0.2, 0.25) is 0 Å². The minimum atomic E-state index is -0.716. The van der Waals surface area contributed by atoms with Crippen molar-refractivity contribution in [3.05, 3.63) is 35.9 Å². The van der Waals surface area contributed by atoms with Crippen LogP contribution in [0.5, 0.6) is 0 Å². The molecule has 1 heterocycles. The molecule has 2 rings (SSSR count). The van der Waals surface area contributed by atoms with Crippen LogP contribution >= 0.6 is 0 Å². The first-order valence-corrected chi connectivity index (χ1v) is 7.05. The zero-order valence-corrected chi connectivity index (χ0v) is 11.9. The van der Waals surface area contributed by atoms with Crippen LogP contribution in [0.25, 0.3) is 0 Å². The maximum atomic E-state index is 11.0. The molecule has 3 nitrogen and oxygen atoms in total. The number of nitrogens with two attached hydrogens (primary N) is 1. The summed E-state index contributed by atoms with van der Waals surface area (Å²) in [7, 11) is 0. The van der Waals surface area contributed by atoms with Crippen LogP contribution in [0.1, 0.15) is 32.3 Å². The van der Waals surface area contributed by atoms with Gasteiger partial charge in [-0.25, -0.2) is 0 Å². The topological polar surface area (TPSA) is 55.5 Å². The summed E-state index contributed by atoms with van der Waals surface area (Å²) in [6.07, 6.45) is 2.12. The van der Waals surface area contributed by atoms with Gasteiger partial charge in [0.05, 0.1) is 17.8 Å². The molecular formula is C16H25NO2. The predicted molar refractivity (Wildman–Crippen MR) is 76.9 cm³/mol. The molecule has 0 saturated carbocycles. The van der Waals surface area contributed by atoms with E-state index >= 15 is 0 Å². The van der Waals surface area contributed by atoms with E-state index in [1.54, 1.807) is 0 Å². The third-order valence-corrected chi connectivity index (χ3v) is 4.07. The Morgan fingerprint density at radius 3 is 2.63 bits per heavy atom. The average molecular weight is 263 g/mol. The number of aliphatic hydroxyl groups is 1. The van der Waals surface area contributed by atoms with E-state index in [1.807, 2.05) is 32.0 Å². The highest BCUT2D eigenvalue weighted by atomic mass is 16.5. The molecule has 0 aliphatic carbocycles. The zero-order chi connectivity index (χ0) is 13.9. The predicted octanol–water partition coefficient (Wildman–Crippen LogP) is 2.12. The maximum Gasteiger partial charge on any atom is 0.0740 e. The molecule has 2 atom stereocenters. The van der Waals surface area contributed by atoms with Gasteiger partial charge in [0.1, 0.15) is 0 Å². The van der Waals surface area contributed by atoms with Gasteiger partial charge in [-0.1, -0.05) is 30.3 Å². The first-order valence-electron chi connectivity index (χ1n) is 7.05. The van der Waals surface area contributed by atoms with Crippen LogP contribution in [-0.2, 0) is 11.2 Å². The zero-order valence-electron chi connectivity index (χ0n) is 11.9. The Morgan fingerprint density at radius 2 is 2.00 bits per heavy atom. The molecular weight excluding hydrogens is 238 g/mol. The number of hydrogen-bond acceptors (Lipinski definition) is 3. The molecule has 1 aromatic rings. The highest BCUT2D eigenvalue weighted by Crippen LogP contribution is 2.39. The van der Waals surface area contributed by atoms with Crippen molar-refractivity contribution in [3.8, 4) is 0 Å². The van der Waals surface area contributed by atoms with Crippen LogP contribution in [0.15, 0.2) is 30.3 Å². The molecule has 0 radical (unpaired) electrons. The Bertz CT molecular complexity index is 404. The quantitative estimate of drug-likeness (QED) is 0.875. The fraction of sp³-hybridized carbons (Fsp3) is 0.625. The van der Waals surface area contributed by atoms with Gasteiger partial charge in [-0.05, 0) is 38.8 Å². The van der Waals surface area contributed by atoms with Crippen molar-refractivity contribution in [1.29, 1.82) is 0 Å². The Kier molecular flexibility index (Phi) is 4.29. The van der Waals surface area contributed by atoms with Gasteiger partial charge in [-0.15, -0.1) is 0 Å². The molecule has 0 spiro atoms. The van der Waals surface area contributed by atoms with Crippen LogP contribution < -0.4 is 5.73 Å². The van der Waals surface area contributed by atoms with Crippen molar-refractivity contribution < 1.29 is 9.84 Å². The van der Waals surface area contributed by atoms with E-state index in [4.69, 9.17) is 10.5 Å². The van der Waals surface area contributed by atoms with E-state index in [-0.39, 0.29) is 11.5 Å². The molecule has 1 aromatic carbocycles. The second-order valence-corrected chi connectivity index (χ2v) is 6.28. The summed E-state index contributed by atoms with van der Waals surface area (Å²) in [6, 6.07) is 10.3. The number of benzene rings is 1. The molecule has 1 aliphatic heterocycles. The molecule has 1 saturated heterocycles. The SMILES string of the molecule is CC1(C)C[C@](O)(CCN)[C@@H](Cc2ccccc2)CO1. The molecule has 19 heavy (non-hydrogen) atoms. The van der Waals surface area contributed by atoms with Gasteiger partial charge in [-0.3, -0.25) is 0 Å². The van der Waals surface area contributed by atoms with Gasteiger partial charge in [-0.2, -0.15) is 0 Å². The van der Waals surface area contributed by atoms with Crippen LogP contribution in [0, 0.1) is 5.92 Å². The van der Waals surface area contributed by atoms with Crippen LogP contribution in [-0.4, -0.2) is 29.5 Å². The highest BCUT2D eigenvalue weighted by molar-refractivity contribution is 5.16. The normalized spacial score (nSPS) is 30.2. The van der Waals surface area contributed by atoms with E-state index in [1.165, 1.54) is 5.56 Å². The van der Waals surface area contributed by atoms with Crippen LogP contribution in [0.4, 0.5) is 0 Å². The van der Waals surface area contributed by atoms with Gasteiger partial charge >= 0.3 is 0 Å². The number of hydrogen-bond donors (Lipinski definition) is 2. The van der Waals surface area contributed by atoms with Crippen LogP contribution in [0.2, 0.25) is 0 Å². The van der Waals surface area contributed by atoms with Gasteiger partial charge in [0, 0.05) is 12.3 Å². The number of rotatable bonds is 4. The van der Waals surface area contributed by atoms with Gasteiger partial charge in [0.25, 0.3) is 0 Å². The van der Waals surface area contributed by atoms with E-state index in [0.717, 1.165) is 6.42 Å². The minimum Gasteiger partial charge on any atom is -0.389 e. The lowest BCUT2D eigenvalue weighted by molar-refractivity contribution is -0.181. The van der Waals surface area contributed by atoms with E-state index < -0.39 is 5.60 Å². The third kappa shape index (κ3) is 3.56. The van der Waals surface area contributed by atoms with Crippen molar-refractivity contribution in [1.82, 2.24) is 0 Å². The fourth-order valence-corrected chi connectivity index (χ4v) is 3.10. The lowest BCUT2D eigenvalue weighted by atomic mass is 9.73. The van der Waals surface area contributed by atoms with Gasteiger partial charge in [0.15, 0.2) is 0 Å². The molecule has 0 aromatic heterocycles. The Labute approximate surface area is 115 Å². The Hall–Kier alpha value is -0.900. The first kappa shape index (κ1) is 14.5. The average Bonchev–Trinajstić information content (AvgIpc) is 2.34. The first-order chi connectivity index (χ1) is 8.95. The largest absolute Gasteiger partial charge is 0.389 e. The van der Waals surface area contributed by atoms with Crippen molar-refractivity contribution in [2.75, 3.05) is 13.2 Å². The molecule has 1 aliphatic rings. The third-order valence-electron chi connectivity index (χ3n) is 4.07. The lowest BCUT2D eigenvalue weighted by Gasteiger charge is -2.47. The summed E-state index contributed by atoms with van der Waals surface area (Å²) >= 11 is 0. The standard InChI is InChI=1S/C16H25NO2/c1-15(2)12-16(18,8-9-17)14(11-19-15)10-13-6-4-3-5-7-13/h3-7,14,18H,8-12,17H2,1-2H3/t14-,16+/m0/s1. The summed E-state index contributed by atoms with van der Waals surface area (Å²) in [6.45, 7) is 5.18. The summed E-state index contributed by atoms with van der Waals surface area (Å²) < 4.78 is 5.89. The summed E-state index contributed by atoms with van der Waals surface area (Å²) in [4.78, 5) is 0. The maximum absolute atomic E-state index is 11.0. The summed E-state index contributed by atoms with van der Waals surface area (Å²) in [5, 5.41) is 11.0. The monoisotopic (exact) mass is 263 g/mol. The summed E-state index contributed by atoms with van der Waals surface area (Å²) in [5.74, 6) is 0.117. The fourth-order valence-electron chi connectivity index (χ4n) is 3.10. The summed E-state index contributed by atoms with van der Waals surface area (Å²) in [5.41, 5.74) is 5.95. The number of ether oxygens (including phenoxy) is 1. The lowest BCUT2D eigenvalue weighted by Crippen LogP contribution is -2.54. The van der Waals surface area contributed by atoms with E-state index in [9.17, 15) is 5.11 Å². The van der Waals surface area contributed by atoms with Crippen molar-refractivity contribution in [2.24, 2.45) is 11.7 Å². The van der Waals surface area contributed by atoms with Gasteiger partial charge < -0.3 is 15.6 Å². The Morgan fingerprint density at radius 1 is 1.32 bits per heavy atom. The van der Waals surface area contributed by atoms with E-state index in [0.29, 0.717) is 26.0 Å². The van der Waals surface area contributed by atoms with Crippen molar-refractivity contribution in [2.45, 2.75) is 44.3 Å². The molecule has 0 amide bonds. The van der Waals surface area contributed by atoms with Crippen molar-refractivity contribution in [3.63, 3.8) is 0 Å². The minimum absolute atomic E-state index is 0.117. The van der Waals surface area contributed by atoms with Crippen LogP contribution in [0.3, 0.4) is 0 Å². The van der Waals surface area contributed by atoms with E-state index in [2.05, 4.69) is 12.1 Å². The highest BCUT2D eigenvalue weighted by Gasteiger charge is 2.45. The molecule has 0 unspecified atom stereocenters. The molecule has 3 N–H and O–H groups in total. The molecule has 0 bridgehead atoms.